The number of hydrogen-bond donors (Lipinski definition) is 1. The van der Waals surface area contributed by atoms with Crippen LogP contribution < -0.4 is 14.8 Å². The number of amides is 1. The van der Waals surface area contributed by atoms with Crippen molar-refractivity contribution in [3.63, 3.8) is 0 Å². The van der Waals surface area contributed by atoms with E-state index in [4.69, 9.17) is 44.9 Å². The van der Waals surface area contributed by atoms with Gasteiger partial charge < -0.3 is 19.7 Å². The highest BCUT2D eigenvalue weighted by Crippen LogP contribution is 2.37. The van der Waals surface area contributed by atoms with E-state index in [0.29, 0.717) is 31.7 Å². The maximum absolute atomic E-state index is 12.3. The van der Waals surface area contributed by atoms with Gasteiger partial charge in [-0.15, -0.1) is 0 Å². The summed E-state index contributed by atoms with van der Waals surface area (Å²) in [4.78, 5) is 15.3. The summed E-state index contributed by atoms with van der Waals surface area (Å²) >= 11 is 21.2. The summed E-state index contributed by atoms with van der Waals surface area (Å²) in [6.07, 6.45) is 2.26. The van der Waals surface area contributed by atoms with Crippen molar-refractivity contribution in [3.05, 3.63) is 50.4 Å². The van der Waals surface area contributed by atoms with E-state index in [9.17, 15) is 4.79 Å². The molecule has 1 aliphatic heterocycles. The van der Waals surface area contributed by atoms with E-state index in [1.807, 2.05) is 12.1 Å². The van der Waals surface area contributed by atoms with Gasteiger partial charge in [0.05, 0.1) is 11.6 Å². The number of thiocarbonyl (C=S) groups is 1. The predicted octanol–water partition coefficient (Wildman–Crippen LogP) is 6.19. The lowest BCUT2D eigenvalue weighted by molar-refractivity contribution is -0.118. The van der Waals surface area contributed by atoms with E-state index in [-0.39, 0.29) is 12.5 Å². The van der Waals surface area contributed by atoms with Gasteiger partial charge in [-0.2, -0.15) is 0 Å². The Morgan fingerprint density at radius 3 is 2.45 bits per heavy atom. The molecule has 3 rings (SSSR count). The fourth-order valence-electron chi connectivity index (χ4n) is 3.34. The number of carbonyl (C=O) groups excluding carboxylic acids is 1. The lowest BCUT2D eigenvalue weighted by Crippen LogP contribution is -2.37. The van der Waals surface area contributed by atoms with Gasteiger partial charge in [-0.25, -0.2) is 0 Å². The maximum atomic E-state index is 12.3. The number of piperidine rings is 1. The van der Waals surface area contributed by atoms with Gasteiger partial charge in [-0.1, -0.05) is 42.3 Å². The van der Waals surface area contributed by atoms with Gasteiger partial charge in [-0.3, -0.25) is 4.79 Å². The minimum absolute atomic E-state index is 0.215. The molecule has 0 aromatic heterocycles. The topological polar surface area (TPSA) is 50.8 Å². The molecule has 0 unspecified atom stereocenters. The fourth-order valence-corrected chi connectivity index (χ4v) is 4.72. The molecule has 9 heteroatoms. The Morgan fingerprint density at radius 1 is 1.19 bits per heavy atom. The Balaban J connectivity index is 1.68. The van der Waals surface area contributed by atoms with Crippen molar-refractivity contribution in [2.24, 2.45) is 5.92 Å². The third-order valence-electron chi connectivity index (χ3n) is 5.04. The van der Waals surface area contributed by atoms with E-state index in [0.717, 1.165) is 42.4 Å². The number of carbonyl (C=O) groups is 1. The summed E-state index contributed by atoms with van der Waals surface area (Å²) in [6, 6.07) is 8.55. The van der Waals surface area contributed by atoms with Crippen LogP contribution in [0, 0.1) is 5.92 Å². The molecule has 0 atom stereocenters. The number of halogens is 3. The highest BCUT2D eigenvalue weighted by molar-refractivity contribution is 9.10. The Hall–Kier alpha value is -1.54. The summed E-state index contributed by atoms with van der Waals surface area (Å²) in [5, 5.41) is 3.58. The third kappa shape index (κ3) is 6.48. The van der Waals surface area contributed by atoms with Crippen LogP contribution in [0.4, 0.5) is 5.69 Å². The van der Waals surface area contributed by atoms with Crippen molar-refractivity contribution >= 4 is 67.9 Å². The van der Waals surface area contributed by atoms with E-state index in [2.05, 4.69) is 33.1 Å². The normalized spacial score (nSPS) is 14.3. The van der Waals surface area contributed by atoms with Crippen LogP contribution in [0.2, 0.25) is 10.0 Å². The molecule has 2 aromatic carbocycles. The summed E-state index contributed by atoms with van der Waals surface area (Å²) in [7, 11) is 1.55. The molecule has 0 aliphatic carbocycles. The van der Waals surface area contributed by atoms with Crippen LogP contribution in [0.25, 0.3) is 0 Å². The summed E-state index contributed by atoms with van der Waals surface area (Å²) in [5.74, 6) is 1.30. The lowest BCUT2D eigenvalue weighted by atomic mass is 9.99. The number of nitrogens with zero attached hydrogens (tertiary/aromatic N) is 1. The molecule has 1 fully saturated rings. The average molecular weight is 546 g/mol. The highest BCUT2D eigenvalue weighted by Gasteiger charge is 2.21. The second-order valence-corrected chi connectivity index (χ2v) is 9.57. The SMILES string of the molecule is COc1cc(C(=S)N2CCC(C)CC2)cc(Br)c1OCC(=O)Nc1cc(Cl)cc(Cl)c1. The van der Waals surface area contributed by atoms with Crippen LogP contribution in [-0.4, -0.2) is 42.6 Å². The van der Waals surface area contributed by atoms with Crippen molar-refractivity contribution in [2.45, 2.75) is 19.8 Å². The van der Waals surface area contributed by atoms with Gasteiger partial charge in [0.25, 0.3) is 5.91 Å². The van der Waals surface area contributed by atoms with Gasteiger partial charge in [0.1, 0.15) is 4.99 Å². The zero-order valence-electron chi connectivity index (χ0n) is 17.2. The van der Waals surface area contributed by atoms with Crippen LogP contribution in [0.15, 0.2) is 34.8 Å². The minimum atomic E-state index is -0.352. The molecule has 0 saturated carbocycles. The quantitative estimate of drug-likeness (QED) is 0.438. The largest absolute Gasteiger partial charge is 0.493 e. The zero-order valence-corrected chi connectivity index (χ0v) is 21.1. The van der Waals surface area contributed by atoms with Crippen LogP contribution in [-0.2, 0) is 4.79 Å². The number of ether oxygens (including phenoxy) is 2. The van der Waals surface area contributed by atoms with Crippen molar-refractivity contribution in [1.29, 1.82) is 0 Å². The van der Waals surface area contributed by atoms with Crippen LogP contribution >= 0.6 is 51.3 Å². The molecular weight excluding hydrogens is 523 g/mol. The first-order valence-corrected chi connectivity index (χ1v) is 11.8. The molecule has 5 nitrogen and oxygen atoms in total. The zero-order chi connectivity index (χ0) is 22.5. The number of likely N-dealkylation sites (tertiary alicyclic amines) is 1. The first-order chi connectivity index (χ1) is 14.8. The summed E-state index contributed by atoms with van der Waals surface area (Å²) in [5.41, 5.74) is 1.37. The van der Waals surface area contributed by atoms with Crippen LogP contribution in [0.3, 0.4) is 0 Å². The predicted molar refractivity (Wildman–Crippen MR) is 133 cm³/mol. The summed E-state index contributed by atoms with van der Waals surface area (Å²) < 4.78 is 11.9. The third-order valence-corrected chi connectivity index (χ3v) is 6.56. The van der Waals surface area contributed by atoms with Crippen molar-refractivity contribution in [2.75, 3.05) is 32.1 Å². The first kappa shape index (κ1) is 24.1. The number of methoxy groups -OCH3 is 1. The molecule has 1 heterocycles. The first-order valence-electron chi connectivity index (χ1n) is 9.82. The smallest absolute Gasteiger partial charge is 0.262 e. The molecule has 1 saturated heterocycles. The van der Waals surface area contributed by atoms with Crippen LogP contribution in [0.1, 0.15) is 25.3 Å². The summed E-state index contributed by atoms with van der Waals surface area (Å²) in [6.45, 7) is 3.95. The highest BCUT2D eigenvalue weighted by atomic mass is 79.9. The van der Waals surface area contributed by atoms with Crippen LogP contribution in [0.5, 0.6) is 11.5 Å². The van der Waals surface area contributed by atoms with Crippen molar-refractivity contribution in [3.8, 4) is 11.5 Å². The minimum Gasteiger partial charge on any atom is -0.493 e. The van der Waals surface area contributed by atoms with Gasteiger partial charge in [0.15, 0.2) is 18.1 Å². The molecule has 0 spiro atoms. The Labute approximate surface area is 206 Å². The molecule has 0 radical (unpaired) electrons. The van der Waals surface area contributed by atoms with Gasteiger partial charge >= 0.3 is 0 Å². The Bertz CT molecular complexity index is 961. The molecule has 1 N–H and O–H groups in total. The Morgan fingerprint density at radius 2 is 1.84 bits per heavy atom. The monoisotopic (exact) mass is 544 g/mol. The van der Waals surface area contributed by atoms with Gasteiger partial charge in [0.2, 0.25) is 0 Å². The Kier molecular flexibility index (Phi) is 8.44. The molecule has 2 aromatic rings. The van der Waals surface area contributed by atoms with E-state index < -0.39 is 0 Å². The van der Waals surface area contributed by atoms with Crippen molar-refractivity contribution < 1.29 is 14.3 Å². The van der Waals surface area contributed by atoms with E-state index in [1.165, 1.54) is 0 Å². The molecule has 0 bridgehead atoms. The second-order valence-electron chi connectivity index (χ2n) is 7.46. The van der Waals surface area contributed by atoms with Gasteiger partial charge in [0, 0.05) is 34.4 Å². The van der Waals surface area contributed by atoms with Crippen molar-refractivity contribution in [1.82, 2.24) is 4.90 Å². The van der Waals surface area contributed by atoms with E-state index >= 15 is 0 Å². The second kappa shape index (κ2) is 10.9. The average Bonchev–Trinajstić information content (AvgIpc) is 2.71. The maximum Gasteiger partial charge on any atom is 0.262 e. The number of anilines is 1. The number of nitrogens with one attached hydrogen (secondary N) is 1. The standard InChI is InChI=1S/C22H23BrCl2N2O3S/c1-13-3-5-27(6-4-13)22(31)14-7-18(23)21(19(8-14)29-2)30-12-20(28)26-17-10-15(24)9-16(25)11-17/h7-11,13H,3-6,12H2,1-2H3,(H,26,28). The lowest BCUT2D eigenvalue weighted by Gasteiger charge is -2.32. The molecular formula is C22H23BrCl2N2O3S. The molecule has 1 aliphatic rings. The molecule has 166 valence electrons. The number of hydrogen-bond acceptors (Lipinski definition) is 4. The number of rotatable bonds is 6. The molecule has 1 amide bonds. The fraction of sp³-hybridized carbons (Fsp3) is 0.364. The molecule has 31 heavy (non-hydrogen) atoms. The van der Waals surface area contributed by atoms with Gasteiger partial charge in [-0.05, 0) is 65.0 Å². The van der Waals surface area contributed by atoms with E-state index in [1.54, 1.807) is 25.3 Å². The number of benzene rings is 2.